The number of benzene rings is 1. The van der Waals surface area contributed by atoms with E-state index in [0.717, 1.165) is 23.9 Å². The van der Waals surface area contributed by atoms with E-state index in [0.29, 0.717) is 34.3 Å². The van der Waals surface area contributed by atoms with Gasteiger partial charge in [0, 0.05) is 23.4 Å². The molecule has 0 radical (unpaired) electrons. The van der Waals surface area contributed by atoms with Crippen molar-refractivity contribution in [3.8, 4) is 17.1 Å². The number of fused-ring (bicyclic) bond motifs is 1. The first-order valence-corrected chi connectivity index (χ1v) is 9.83. The van der Waals surface area contributed by atoms with E-state index in [4.69, 9.17) is 10.5 Å². The number of hydrogen-bond acceptors (Lipinski definition) is 7. The van der Waals surface area contributed by atoms with Crippen LogP contribution in [0.4, 0.5) is 10.7 Å². The van der Waals surface area contributed by atoms with Gasteiger partial charge in [0.2, 0.25) is 11.6 Å². The number of carbonyl (C=O) groups is 1. The van der Waals surface area contributed by atoms with Crippen LogP contribution in [-0.4, -0.2) is 43.3 Å². The standard InChI is InChI=1S/C21H19N7O3/c1-31-17-7-3-5-14-18(23-20(22)24-19(14)17)15-11-27(26-25-15)10-13-4-2-6-16(12-8-9-12)28(13)21(29)30/h2-7,11-12H,8-10H2,1H3,(H2-,22,23,24,29,30)/p+1. The molecule has 1 aliphatic rings. The highest BCUT2D eigenvalue weighted by molar-refractivity contribution is 5.95. The zero-order valence-electron chi connectivity index (χ0n) is 16.8. The SMILES string of the molecule is COc1cccc2c(-c3cn(Cc4cccc(C5CC5)[n+]4C(=O)O)nn3)nc(N)nc12. The molecule has 3 N–H and O–H groups in total. The predicted octanol–water partition coefficient (Wildman–Crippen LogP) is 2.22. The van der Waals surface area contributed by atoms with Crippen LogP contribution in [0.25, 0.3) is 22.3 Å². The second-order valence-corrected chi connectivity index (χ2v) is 7.42. The molecule has 4 aromatic rings. The smallest absolute Gasteiger partial charge is 0.494 e. The van der Waals surface area contributed by atoms with E-state index in [1.54, 1.807) is 30.1 Å². The summed E-state index contributed by atoms with van der Waals surface area (Å²) in [5, 5.41) is 18.9. The molecule has 1 aromatic carbocycles. The third kappa shape index (κ3) is 3.41. The number of ether oxygens (including phenoxy) is 1. The minimum Gasteiger partial charge on any atom is -0.494 e. The van der Waals surface area contributed by atoms with Gasteiger partial charge in [-0.25, -0.2) is 14.6 Å². The van der Waals surface area contributed by atoms with Gasteiger partial charge >= 0.3 is 6.09 Å². The Labute approximate surface area is 176 Å². The molecule has 10 nitrogen and oxygen atoms in total. The first-order valence-electron chi connectivity index (χ1n) is 9.83. The molecule has 5 rings (SSSR count). The van der Waals surface area contributed by atoms with Crippen molar-refractivity contribution in [3.05, 3.63) is 54.0 Å². The third-order valence-corrected chi connectivity index (χ3v) is 5.32. The fourth-order valence-electron chi connectivity index (χ4n) is 3.78. The van der Waals surface area contributed by atoms with Crippen LogP contribution in [0.3, 0.4) is 0 Å². The molecule has 31 heavy (non-hydrogen) atoms. The lowest BCUT2D eigenvalue weighted by Crippen LogP contribution is -2.49. The Hall–Kier alpha value is -4.08. The van der Waals surface area contributed by atoms with Crippen LogP contribution in [-0.2, 0) is 6.54 Å². The largest absolute Gasteiger partial charge is 0.599 e. The second-order valence-electron chi connectivity index (χ2n) is 7.42. The summed E-state index contributed by atoms with van der Waals surface area (Å²) in [6, 6.07) is 11.0. The molecule has 0 aliphatic heterocycles. The van der Waals surface area contributed by atoms with Gasteiger partial charge < -0.3 is 15.6 Å². The molecule has 1 saturated carbocycles. The van der Waals surface area contributed by atoms with Gasteiger partial charge in [0.25, 0.3) is 0 Å². The van der Waals surface area contributed by atoms with Crippen molar-refractivity contribution in [1.29, 1.82) is 0 Å². The topological polar surface area (TPSA) is 133 Å². The van der Waals surface area contributed by atoms with Crippen LogP contribution < -0.4 is 15.0 Å². The van der Waals surface area contributed by atoms with Gasteiger partial charge in [-0.3, -0.25) is 0 Å². The highest BCUT2D eigenvalue weighted by Gasteiger charge is 2.36. The number of pyridine rings is 1. The van der Waals surface area contributed by atoms with Gasteiger partial charge in [0.15, 0.2) is 5.69 Å². The zero-order valence-corrected chi connectivity index (χ0v) is 16.8. The molecule has 156 valence electrons. The van der Waals surface area contributed by atoms with Crippen molar-refractivity contribution in [2.24, 2.45) is 0 Å². The summed E-state index contributed by atoms with van der Waals surface area (Å²) >= 11 is 0. The van der Waals surface area contributed by atoms with Crippen LogP contribution >= 0.6 is 0 Å². The third-order valence-electron chi connectivity index (χ3n) is 5.32. The highest BCUT2D eigenvalue weighted by atomic mass is 16.5. The van der Waals surface area contributed by atoms with Gasteiger partial charge in [0.05, 0.1) is 13.3 Å². The van der Waals surface area contributed by atoms with E-state index in [2.05, 4.69) is 20.3 Å². The molecule has 3 heterocycles. The quantitative estimate of drug-likeness (QED) is 0.471. The van der Waals surface area contributed by atoms with E-state index in [9.17, 15) is 9.90 Å². The summed E-state index contributed by atoms with van der Waals surface area (Å²) in [5.41, 5.74) is 8.97. The Kier molecular flexibility index (Phi) is 4.46. The molecule has 0 saturated heterocycles. The van der Waals surface area contributed by atoms with Crippen molar-refractivity contribution < 1.29 is 19.2 Å². The van der Waals surface area contributed by atoms with E-state index in [1.807, 2.05) is 24.3 Å². The maximum Gasteiger partial charge on any atom is 0.599 e. The zero-order chi connectivity index (χ0) is 21.5. The number of nitrogens with zero attached hydrogens (tertiary/aromatic N) is 6. The summed E-state index contributed by atoms with van der Waals surface area (Å²) in [4.78, 5) is 20.6. The first kappa shape index (κ1) is 18.9. The number of nitrogen functional groups attached to an aromatic ring is 1. The van der Waals surface area contributed by atoms with Crippen molar-refractivity contribution in [3.63, 3.8) is 0 Å². The average molecular weight is 418 g/mol. The number of rotatable bonds is 5. The average Bonchev–Trinajstić information content (AvgIpc) is 3.51. The van der Waals surface area contributed by atoms with Gasteiger partial charge in [-0.05, 0) is 25.0 Å². The molecule has 0 unspecified atom stereocenters. The predicted molar refractivity (Wildman–Crippen MR) is 111 cm³/mol. The number of hydrogen-bond donors (Lipinski definition) is 2. The number of methoxy groups -OCH3 is 1. The fourth-order valence-corrected chi connectivity index (χ4v) is 3.78. The first-order chi connectivity index (χ1) is 15.0. The summed E-state index contributed by atoms with van der Waals surface area (Å²) in [5.74, 6) is 0.981. The minimum atomic E-state index is -1.00. The van der Waals surface area contributed by atoms with E-state index < -0.39 is 6.09 Å². The molecule has 1 fully saturated rings. The fraction of sp³-hybridized carbons (Fsp3) is 0.238. The lowest BCUT2D eigenvalue weighted by atomic mass is 10.1. The molecule has 0 atom stereocenters. The maximum absolute atomic E-state index is 11.9. The van der Waals surface area contributed by atoms with Crippen molar-refractivity contribution in [2.45, 2.75) is 25.3 Å². The summed E-state index contributed by atoms with van der Waals surface area (Å²) in [6.45, 7) is 0.252. The number of aromatic nitrogens is 6. The molecule has 0 bridgehead atoms. The summed E-state index contributed by atoms with van der Waals surface area (Å²) < 4.78 is 8.32. The summed E-state index contributed by atoms with van der Waals surface area (Å²) in [7, 11) is 1.57. The maximum atomic E-state index is 11.9. The Morgan fingerprint density at radius 3 is 2.81 bits per heavy atom. The van der Waals surface area contributed by atoms with Gasteiger partial charge in [-0.15, -0.1) is 5.10 Å². The molecule has 3 aromatic heterocycles. The van der Waals surface area contributed by atoms with E-state index in [-0.39, 0.29) is 12.5 Å². The lowest BCUT2D eigenvalue weighted by Gasteiger charge is -2.07. The van der Waals surface area contributed by atoms with Gasteiger partial charge in [0.1, 0.15) is 29.2 Å². The molecular weight excluding hydrogens is 398 g/mol. The minimum absolute atomic E-state index is 0.0994. The molecule has 1 aliphatic carbocycles. The highest BCUT2D eigenvalue weighted by Crippen LogP contribution is 2.38. The molecule has 0 spiro atoms. The molecule has 10 heteroatoms. The van der Waals surface area contributed by atoms with E-state index in [1.165, 1.54) is 4.57 Å². The number of carboxylic acid groups (broad SMARTS) is 1. The van der Waals surface area contributed by atoms with Crippen LogP contribution in [0.2, 0.25) is 0 Å². The normalized spacial score (nSPS) is 13.5. The Morgan fingerprint density at radius 1 is 1.26 bits per heavy atom. The van der Waals surface area contributed by atoms with Crippen molar-refractivity contribution in [1.82, 2.24) is 25.0 Å². The lowest BCUT2D eigenvalue weighted by molar-refractivity contribution is -0.601. The summed E-state index contributed by atoms with van der Waals surface area (Å²) in [6.07, 6.45) is 2.74. The number of nitrogens with two attached hydrogens (primary N) is 1. The van der Waals surface area contributed by atoms with Crippen molar-refractivity contribution >= 4 is 22.9 Å². The molecular formula is C21H20N7O3+. The van der Waals surface area contributed by atoms with Crippen LogP contribution in [0.1, 0.15) is 30.1 Å². The van der Waals surface area contributed by atoms with Crippen LogP contribution in [0, 0.1) is 0 Å². The van der Waals surface area contributed by atoms with Crippen LogP contribution in [0.5, 0.6) is 5.75 Å². The van der Waals surface area contributed by atoms with Crippen molar-refractivity contribution in [2.75, 3.05) is 12.8 Å². The van der Waals surface area contributed by atoms with Gasteiger partial charge in [-0.2, -0.15) is 4.79 Å². The second kappa shape index (κ2) is 7.31. The van der Waals surface area contributed by atoms with Crippen LogP contribution in [0.15, 0.2) is 42.6 Å². The van der Waals surface area contributed by atoms with E-state index >= 15 is 0 Å². The Balaban J connectivity index is 1.54. The Morgan fingerprint density at radius 2 is 2.06 bits per heavy atom. The monoisotopic (exact) mass is 418 g/mol. The number of anilines is 1. The Bertz CT molecular complexity index is 1310. The number of para-hydroxylation sites is 1. The van der Waals surface area contributed by atoms with Gasteiger partial charge in [-0.1, -0.05) is 21.9 Å². The molecule has 0 amide bonds.